The van der Waals surface area contributed by atoms with Gasteiger partial charge in [-0.2, -0.15) is 0 Å². The van der Waals surface area contributed by atoms with Crippen LogP contribution in [0.1, 0.15) is 12.5 Å². The van der Waals surface area contributed by atoms with Gasteiger partial charge in [0.25, 0.3) is 0 Å². The van der Waals surface area contributed by atoms with Gasteiger partial charge in [0, 0.05) is 0 Å². The van der Waals surface area contributed by atoms with E-state index in [2.05, 4.69) is 0 Å². The van der Waals surface area contributed by atoms with Crippen molar-refractivity contribution < 1.29 is 79.1 Å². The van der Waals surface area contributed by atoms with E-state index in [1.165, 1.54) is 20.1 Å². The van der Waals surface area contributed by atoms with Crippen LogP contribution in [-0.2, 0) is 34.8 Å². The van der Waals surface area contributed by atoms with Crippen molar-refractivity contribution in [3.63, 3.8) is 0 Å². The van der Waals surface area contributed by atoms with Gasteiger partial charge in [0.2, 0.25) is 0 Å². The first kappa shape index (κ1) is 33.2. The topological polar surface area (TPSA) is 247 Å². The zero-order valence-corrected chi connectivity index (χ0v) is 23.0. The Morgan fingerprint density at radius 3 is 2.21 bits per heavy atom. The molecule has 0 bridgehead atoms. The van der Waals surface area contributed by atoms with Gasteiger partial charge in [0.05, 0.1) is 33.0 Å². The first-order valence-electron chi connectivity index (χ1n) is 13.5. The Morgan fingerprint density at radius 2 is 1.50 bits per heavy atom. The summed E-state index contributed by atoms with van der Waals surface area (Å²) in [5.74, 6) is 0.214. The Bertz CT molecular complexity index is 999. The van der Waals surface area contributed by atoms with Crippen molar-refractivity contribution in [2.24, 2.45) is 0 Å². The fourth-order valence-electron chi connectivity index (χ4n) is 4.91. The summed E-state index contributed by atoms with van der Waals surface area (Å²) in [4.78, 5) is 0. The molecule has 3 saturated heterocycles. The van der Waals surface area contributed by atoms with Crippen molar-refractivity contribution in [3.8, 4) is 11.5 Å². The molecule has 1 aromatic rings. The minimum absolute atomic E-state index is 0.00886. The normalized spacial score (nSPS) is 42.8. The zero-order chi connectivity index (χ0) is 30.7. The van der Waals surface area contributed by atoms with Crippen molar-refractivity contribution in [1.29, 1.82) is 0 Å². The summed E-state index contributed by atoms with van der Waals surface area (Å²) in [6.45, 7) is 0.650. The van der Waals surface area contributed by atoms with Gasteiger partial charge in [-0.15, -0.1) is 0 Å². The summed E-state index contributed by atoms with van der Waals surface area (Å²) in [6.07, 6.45) is -20.3. The molecule has 42 heavy (non-hydrogen) atoms. The Labute approximate surface area is 241 Å². The summed E-state index contributed by atoms with van der Waals surface area (Å²) in [7, 11) is 1.41. The van der Waals surface area contributed by atoms with Crippen molar-refractivity contribution in [3.05, 3.63) is 23.8 Å². The van der Waals surface area contributed by atoms with E-state index >= 15 is 0 Å². The zero-order valence-electron chi connectivity index (χ0n) is 23.0. The maximum atomic E-state index is 11.1. The first-order valence-corrected chi connectivity index (χ1v) is 13.5. The number of hydrogen-bond acceptors (Lipinski definition) is 16. The highest BCUT2D eigenvalue weighted by Gasteiger charge is 2.51. The molecule has 16 nitrogen and oxygen atoms in total. The van der Waals surface area contributed by atoms with Crippen LogP contribution in [0.3, 0.4) is 0 Å². The lowest BCUT2D eigenvalue weighted by molar-refractivity contribution is -0.362. The highest BCUT2D eigenvalue weighted by atomic mass is 16.7. The lowest BCUT2D eigenvalue weighted by atomic mass is 9.97. The van der Waals surface area contributed by atoms with E-state index in [1.54, 1.807) is 12.1 Å². The number of aliphatic hydroxyl groups is 8. The van der Waals surface area contributed by atoms with Crippen LogP contribution in [0.2, 0.25) is 0 Å². The number of rotatable bonds is 10. The van der Waals surface area contributed by atoms with Crippen LogP contribution in [0.25, 0.3) is 0 Å². The third-order valence-corrected chi connectivity index (χ3v) is 7.54. The molecule has 3 aliphatic heterocycles. The number of ether oxygens (including phenoxy) is 7. The molecule has 14 atom stereocenters. The van der Waals surface area contributed by atoms with Crippen LogP contribution in [-0.4, -0.2) is 159 Å². The smallest absolute Gasteiger partial charge is 0.187 e. The van der Waals surface area contributed by atoms with Crippen LogP contribution in [0.15, 0.2) is 18.2 Å². The van der Waals surface area contributed by atoms with Gasteiger partial charge in [0.15, 0.2) is 30.4 Å². The van der Waals surface area contributed by atoms with E-state index in [9.17, 15) is 46.0 Å². The van der Waals surface area contributed by atoms with Gasteiger partial charge in [-0.25, -0.2) is 0 Å². The third kappa shape index (κ3) is 7.31. The second-order valence-corrected chi connectivity index (χ2v) is 10.5. The van der Waals surface area contributed by atoms with Gasteiger partial charge in [-0.3, -0.25) is 0 Å². The number of aromatic hydroxyl groups is 1. The van der Waals surface area contributed by atoms with Crippen LogP contribution in [0.5, 0.6) is 11.5 Å². The molecule has 9 N–H and O–H groups in total. The lowest BCUT2D eigenvalue weighted by Gasteiger charge is -2.46. The summed E-state index contributed by atoms with van der Waals surface area (Å²) in [6, 6.07) is 4.70. The van der Waals surface area contributed by atoms with E-state index in [0.717, 1.165) is 5.56 Å². The summed E-state index contributed by atoms with van der Waals surface area (Å²) in [5, 5.41) is 92.3. The molecule has 16 heteroatoms. The van der Waals surface area contributed by atoms with E-state index in [4.69, 9.17) is 33.2 Å². The van der Waals surface area contributed by atoms with E-state index < -0.39 is 92.6 Å². The Morgan fingerprint density at radius 1 is 0.786 bits per heavy atom. The lowest BCUT2D eigenvalue weighted by Crippen LogP contribution is -2.64. The maximum Gasteiger partial charge on any atom is 0.187 e. The fourth-order valence-corrected chi connectivity index (χ4v) is 4.91. The maximum absolute atomic E-state index is 11.1. The Kier molecular flexibility index (Phi) is 11.3. The molecule has 240 valence electrons. The molecule has 0 radical (unpaired) electrons. The molecule has 1 aromatic carbocycles. The van der Waals surface area contributed by atoms with Gasteiger partial charge in [-0.05, 0) is 31.0 Å². The predicted octanol–water partition coefficient (Wildman–Crippen LogP) is -3.93. The van der Waals surface area contributed by atoms with Crippen molar-refractivity contribution in [1.82, 2.24) is 0 Å². The quantitative estimate of drug-likeness (QED) is 0.123. The number of benzene rings is 1. The second kappa shape index (κ2) is 14.4. The average Bonchev–Trinajstić information content (AvgIpc) is 2.97. The first-order chi connectivity index (χ1) is 19.9. The monoisotopic (exact) mass is 608 g/mol. The Hall–Kier alpha value is -1.74. The van der Waals surface area contributed by atoms with Crippen LogP contribution in [0, 0.1) is 0 Å². The molecule has 0 spiro atoms. The van der Waals surface area contributed by atoms with Gasteiger partial charge >= 0.3 is 0 Å². The minimum atomic E-state index is -1.73. The van der Waals surface area contributed by atoms with Crippen LogP contribution >= 0.6 is 0 Å². The van der Waals surface area contributed by atoms with Crippen molar-refractivity contribution in [2.75, 3.05) is 26.9 Å². The molecular weight excluding hydrogens is 568 g/mol. The molecule has 3 aliphatic rings. The Balaban J connectivity index is 1.46. The van der Waals surface area contributed by atoms with E-state index in [0.29, 0.717) is 6.42 Å². The fraction of sp³-hybridized carbons (Fsp3) is 0.769. The molecule has 3 heterocycles. The number of aliphatic hydroxyl groups excluding tert-OH is 8. The molecule has 3 fully saturated rings. The molecule has 0 aliphatic carbocycles. The van der Waals surface area contributed by atoms with Crippen molar-refractivity contribution >= 4 is 0 Å². The molecular formula is C26H40O16. The number of phenolic OH excluding ortho intramolecular Hbond substituents is 1. The minimum Gasteiger partial charge on any atom is -0.504 e. The summed E-state index contributed by atoms with van der Waals surface area (Å²) >= 11 is 0. The summed E-state index contributed by atoms with van der Waals surface area (Å²) in [5.41, 5.74) is 0.729. The van der Waals surface area contributed by atoms with Gasteiger partial charge < -0.3 is 79.1 Å². The third-order valence-electron chi connectivity index (χ3n) is 7.54. The molecule has 0 amide bonds. The summed E-state index contributed by atoms with van der Waals surface area (Å²) < 4.78 is 38.5. The predicted molar refractivity (Wildman–Crippen MR) is 136 cm³/mol. The second-order valence-electron chi connectivity index (χ2n) is 10.5. The number of hydrogen-bond donors (Lipinski definition) is 9. The van der Waals surface area contributed by atoms with Crippen molar-refractivity contribution in [2.45, 2.75) is 99.4 Å². The van der Waals surface area contributed by atoms with E-state index in [-0.39, 0.29) is 24.7 Å². The highest BCUT2D eigenvalue weighted by molar-refractivity contribution is 5.41. The molecule has 0 saturated carbocycles. The number of methoxy groups -OCH3 is 1. The van der Waals surface area contributed by atoms with Crippen LogP contribution in [0.4, 0.5) is 0 Å². The molecule has 0 aromatic heterocycles. The van der Waals surface area contributed by atoms with Gasteiger partial charge in [0.1, 0.15) is 61.0 Å². The molecule has 4 rings (SSSR count). The number of phenols is 1. The average molecular weight is 609 g/mol. The SMILES string of the molecule is COc1cc(CCO[C@@H]2O[C@H](CO[C@@H]3OC[C@H](O)[C@H](O)[C@H]3O)[C@@H](O)[C@H](O[C@@H]3O[C@@H](C)[C@H](O)[C@@H](O)[C@H]3O)[C@H]2O)ccc1O. The van der Waals surface area contributed by atoms with Crippen LogP contribution < -0.4 is 4.74 Å². The molecule has 0 unspecified atom stereocenters. The standard InChI is InChI=1S/C26H40O16/c1-10-16(29)19(32)21(34)26(40-10)42-23-18(31)15(9-39-24-20(33)17(30)13(28)8-38-24)41-25(22(23)35)37-6-5-11-3-4-12(27)14(7-11)36-2/h3-4,7,10,13,15-35H,5-6,8-9H2,1-2H3/t10-,13-,15+,16-,17-,18+,19+,20+,21+,22+,23-,24-,25+,26-/m0/s1. The van der Waals surface area contributed by atoms with Gasteiger partial charge in [-0.1, -0.05) is 6.07 Å². The largest absolute Gasteiger partial charge is 0.504 e. The van der Waals surface area contributed by atoms with E-state index in [1.807, 2.05) is 0 Å². The highest BCUT2D eigenvalue weighted by Crippen LogP contribution is 2.31.